The van der Waals surface area contributed by atoms with Crippen LogP contribution in [0.1, 0.15) is 33.1 Å². The van der Waals surface area contributed by atoms with E-state index in [9.17, 15) is 4.79 Å². The van der Waals surface area contributed by atoms with E-state index < -0.39 is 0 Å². The smallest absolute Gasteiger partial charge is 0.223 e. The zero-order valence-electron chi connectivity index (χ0n) is 12.5. The Kier molecular flexibility index (Phi) is 5.64. The number of nitrogens with zero attached hydrogens (tertiary/aromatic N) is 1. The van der Waals surface area contributed by atoms with Crippen molar-refractivity contribution in [3.63, 3.8) is 0 Å². The monoisotopic (exact) mass is 267 g/mol. The van der Waals surface area contributed by atoms with Gasteiger partial charge in [0.25, 0.3) is 0 Å². The molecule has 0 spiro atoms. The van der Waals surface area contributed by atoms with Crippen molar-refractivity contribution in [2.75, 3.05) is 39.3 Å². The summed E-state index contributed by atoms with van der Waals surface area (Å²) in [6.45, 7) is 10.8. The Balaban J connectivity index is 1.61. The van der Waals surface area contributed by atoms with Crippen LogP contribution in [0.2, 0.25) is 0 Å². The normalized spacial score (nSPS) is 23.9. The Hall–Kier alpha value is -0.610. The highest BCUT2D eigenvalue weighted by Gasteiger charge is 2.29. The van der Waals surface area contributed by atoms with Crippen LogP contribution < -0.4 is 10.6 Å². The van der Waals surface area contributed by atoms with Crippen molar-refractivity contribution < 1.29 is 4.79 Å². The molecule has 0 aliphatic carbocycles. The second kappa shape index (κ2) is 7.25. The Morgan fingerprint density at radius 2 is 2.05 bits per heavy atom. The van der Waals surface area contributed by atoms with Gasteiger partial charge in [-0.15, -0.1) is 0 Å². The van der Waals surface area contributed by atoms with Crippen molar-refractivity contribution in [2.45, 2.75) is 33.1 Å². The molecular weight excluding hydrogens is 238 g/mol. The molecule has 2 saturated heterocycles. The summed E-state index contributed by atoms with van der Waals surface area (Å²) in [5.74, 6) is 1.65. The van der Waals surface area contributed by atoms with Crippen LogP contribution in [-0.2, 0) is 4.79 Å². The molecule has 2 N–H and O–H groups in total. The van der Waals surface area contributed by atoms with Gasteiger partial charge in [0, 0.05) is 12.5 Å². The average molecular weight is 267 g/mol. The number of piperidine rings is 1. The van der Waals surface area contributed by atoms with Gasteiger partial charge in [-0.3, -0.25) is 4.79 Å². The first-order valence-electron chi connectivity index (χ1n) is 7.91. The standard InChI is InChI=1S/C15H29N3O/c1-3-6-18-7-4-13(5-8-18)9-17-15(19)12(2)14-10-16-11-14/h12-14,16H,3-11H2,1-2H3,(H,17,19). The SMILES string of the molecule is CCCN1CCC(CNC(=O)C(C)C2CNC2)CC1. The van der Waals surface area contributed by atoms with E-state index in [0.717, 1.165) is 19.6 Å². The van der Waals surface area contributed by atoms with Gasteiger partial charge in [0.1, 0.15) is 0 Å². The van der Waals surface area contributed by atoms with Gasteiger partial charge in [-0.2, -0.15) is 0 Å². The third-order valence-electron chi connectivity index (χ3n) is 4.75. The van der Waals surface area contributed by atoms with Crippen LogP contribution in [-0.4, -0.2) is 50.1 Å². The molecule has 2 aliphatic heterocycles. The van der Waals surface area contributed by atoms with E-state index in [1.165, 1.54) is 38.9 Å². The van der Waals surface area contributed by atoms with E-state index in [-0.39, 0.29) is 11.8 Å². The molecule has 1 amide bonds. The molecule has 0 aromatic rings. The summed E-state index contributed by atoms with van der Waals surface area (Å²) >= 11 is 0. The quantitative estimate of drug-likeness (QED) is 0.757. The molecule has 4 nitrogen and oxygen atoms in total. The molecular formula is C15H29N3O. The number of likely N-dealkylation sites (tertiary alicyclic amines) is 1. The molecule has 110 valence electrons. The third-order valence-corrected chi connectivity index (χ3v) is 4.75. The lowest BCUT2D eigenvalue weighted by Crippen LogP contribution is -2.50. The Bertz CT molecular complexity index is 283. The molecule has 1 unspecified atom stereocenters. The molecule has 1 atom stereocenters. The minimum absolute atomic E-state index is 0.168. The molecule has 0 aromatic heterocycles. The van der Waals surface area contributed by atoms with Crippen LogP contribution in [0.4, 0.5) is 0 Å². The topological polar surface area (TPSA) is 44.4 Å². The number of rotatable bonds is 6. The van der Waals surface area contributed by atoms with E-state index in [0.29, 0.717) is 11.8 Å². The van der Waals surface area contributed by atoms with Crippen LogP contribution in [0, 0.1) is 17.8 Å². The van der Waals surface area contributed by atoms with Gasteiger partial charge in [0.05, 0.1) is 0 Å². The highest BCUT2D eigenvalue weighted by Crippen LogP contribution is 2.18. The van der Waals surface area contributed by atoms with Crippen molar-refractivity contribution in [3.8, 4) is 0 Å². The summed E-state index contributed by atoms with van der Waals surface area (Å²) < 4.78 is 0. The van der Waals surface area contributed by atoms with Gasteiger partial charge in [0.2, 0.25) is 5.91 Å². The fourth-order valence-electron chi connectivity index (χ4n) is 3.01. The van der Waals surface area contributed by atoms with Gasteiger partial charge in [-0.05, 0) is 63.8 Å². The molecule has 0 bridgehead atoms. The third kappa shape index (κ3) is 4.18. The van der Waals surface area contributed by atoms with Crippen molar-refractivity contribution in [1.29, 1.82) is 0 Å². The van der Waals surface area contributed by atoms with Crippen molar-refractivity contribution in [3.05, 3.63) is 0 Å². The predicted octanol–water partition coefficient (Wildman–Crippen LogP) is 1.08. The average Bonchev–Trinajstić information content (AvgIpc) is 2.36. The maximum Gasteiger partial charge on any atom is 0.223 e. The van der Waals surface area contributed by atoms with Crippen LogP contribution in [0.5, 0.6) is 0 Å². The fraction of sp³-hybridized carbons (Fsp3) is 0.933. The zero-order chi connectivity index (χ0) is 13.7. The molecule has 4 heteroatoms. The summed E-state index contributed by atoms with van der Waals surface area (Å²) in [6, 6.07) is 0. The maximum atomic E-state index is 12.0. The van der Waals surface area contributed by atoms with Crippen LogP contribution in [0.25, 0.3) is 0 Å². The van der Waals surface area contributed by atoms with E-state index >= 15 is 0 Å². The van der Waals surface area contributed by atoms with E-state index in [2.05, 4.69) is 29.4 Å². The number of amides is 1. The number of carbonyl (C=O) groups excluding carboxylic acids is 1. The van der Waals surface area contributed by atoms with Crippen molar-refractivity contribution in [1.82, 2.24) is 15.5 Å². The summed E-state index contributed by atoms with van der Waals surface area (Å²) in [4.78, 5) is 14.6. The lowest BCUT2D eigenvalue weighted by atomic mass is 9.88. The Morgan fingerprint density at radius 1 is 1.37 bits per heavy atom. The van der Waals surface area contributed by atoms with E-state index in [1.807, 2.05) is 0 Å². The van der Waals surface area contributed by atoms with Gasteiger partial charge >= 0.3 is 0 Å². The summed E-state index contributed by atoms with van der Waals surface area (Å²) in [5.41, 5.74) is 0. The van der Waals surface area contributed by atoms with Crippen molar-refractivity contribution >= 4 is 5.91 Å². The minimum Gasteiger partial charge on any atom is -0.356 e. The maximum absolute atomic E-state index is 12.0. The minimum atomic E-state index is 0.168. The number of nitrogens with one attached hydrogen (secondary N) is 2. The van der Waals surface area contributed by atoms with Crippen LogP contribution in [0.15, 0.2) is 0 Å². The first-order chi connectivity index (χ1) is 9.20. The second-order valence-electron chi connectivity index (χ2n) is 6.24. The first-order valence-corrected chi connectivity index (χ1v) is 7.91. The fourth-order valence-corrected chi connectivity index (χ4v) is 3.01. The van der Waals surface area contributed by atoms with Gasteiger partial charge in [-0.25, -0.2) is 0 Å². The molecule has 0 saturated carbocycles. The van der Waals surface area contributed by atoms with E-state index in [1.54, 1.807) is 0 Å². The highest BCUT2D eigenvalue weighted by molar-refractivity contribution is 5.78. The predicted molar refractivity (Wildman–Crippen MR) is 78.0 cm³/mol. The second-order valence-corrected chi connectivity index (χ2v) is 6.24. The van der Waals surface area contributed by atoms with Gasteiger partial charge in [-0.1, -0.05) is 13.8 Å². The van der Waals surface area contributed by atoms with Gasteiger partial charge < -0.3 is 15.5 Å². The summed E-state index contributed by atoms with van der Waals surface area (Å²) in [6.07, 6.45) is 3.72. The van der Waals surface area contributed by atoms with Gasteiger partial charge in [0.15, 0.2) is 0 Å². The Morgan fingerprint density at radius 3 is 2.58 bits per heavy atom. The molecule has 0 radical (unpaired) electrons. The molecule has 19 heavy (non-hydrogen) atoms. The summed E-state index contributed by atoms with van der Waals surface area (Å²) in [5, 5.41) is 6.40. The lowest BCUT2D eigenvalue weighted by Gasteiger charge is -2.33. The van der Waals surface area contributed by atoms with Crippen molar-refractivity contribution in [2.24, 2.45) is 17.8 Å². The molecule has 2 heterocycles. The number of hydrogen-bond acceptors (Lipinski definition) is 3. The number of carbonyl (C=O) groups is 1. The molecule has 2 aliphatic rings. The largest absolute Gasteiger partial charge is 0.356 e. The van der Waals surface area contributed by atoms with Crippen LogP contribution >= 0.6 is 0 Å². The molecule has 2 fully saturated rings. The van der Waals surface area contributed by atoms with E-state index in [4.69, 9.17) is 0 Å². The zero-order valence-corrected chi connectivity index (χ0v) is 12.5. The Labute approximate surface area is 117 Å². The molecule has 0 aromatic carbocycles. The number of hydrogen-bond donors (Lipinski definition) is 2. The lowest BCUT2D eigenvalue weighted by molar-refractivity contribution is -0.126. The highest BCUT2D eigenvalue weighted by atomic mass is 16.1. The van der Waals surface area contributed by atoms with Crippen LogP contribution in [0.3, 0.4) is 0 Å². The first kappa shape index (κ1) is 14.8. The summed E-state index contributed by atoms with van der Waals surface area (Å²) in [7, 11) is 0. The molecule has 2 rings (SSSR count).